The van der Waals surface area contributed by atoms with Gasteiger partial charge in [0.2, 0.25) is 0 Å². The Hall–Kier alpha value is -2.01. The molecule has 6 heteroatoms. The lowest BCUT2D eigenvalue weighted by Gasteiger charge is -2.09. The van der Waals surface area contributed by atoms with E-state index in [-0.39, 0.29) is 10.6 Å². The van der Waals surface area contributed by atoms with Gasteiger partial charge in [-0.05, 0) is 24.1 Å². The number of ether oxygens (including phenoxy) is 2. The number of hydrogen-bond donors (Lipinski definition) is 0. The van der Waals surface area contributed by atoms with Crippen LogP contribution in [0.25, 0.3) is 0 Å². The van der Waals surface area contributed by atoms with E-state index >= 15 is 0 Å². The average molecular weight is 309 g/mol. The Morgan fingerprint density at radius 1 is 1.29 bits per heavy atom. The Kier molecular flexibility index (Phi) is 5.22. The molecule has 1 heterocycles. The lowest BCUT2D eigenvalue weighted by Crippen LogP contribution is -2.23. The molecule has 0 aliphatic heterocycles. The molecule has 1 aromatic carbocycles. The Balaban J connectivity index is 2.09. The zero-order chi connectivity index (χ0) is 15.2. The summed E-state index contributed by atoms with van der Waals surface area (Å²) in [4.78, 5) is 11.9. The molecule has 1 aromatic heterocycles. The number of halogens is 1. The van der Waals surface area contributed by atoms with E-state index in [0.29, 0.717) is 18.9 Å². The van der Waals surface area contributed by atoms with Crippen molar-refractivity contribution < 1.29 is 9.47 Å². The molecule has 2 rings (SSSR count). The van der Waals surface area contributed by atoms with Crippen LogP contribution in [-0.4, -0.2) is 16.9 Å². The highest BCUT2D eigenvalue weighted by atomic mass is 35.5. The van der Waals surface area contributed by atoms with E-state index in [1.165, 1.54) is 10.9 Å². The highest BCUT2D eigenvalue weighted by molar-refractivity contribution is 6.31. The van der Waals surface area contributed by atoms with Gasteiger partial charge in [0.25, 0.3) is 5.56 Å². The van der Waals surface area contributed by atoms with Gasteiger partial charge in [-0.15, -0.1) is 0 Å². The Morgan fingerprint density at radius 3 is 2.62 bits per heavy atom. The van der Waals surface area contributed by atoms with Crippen molar-refractivity contribution in [2.24, 2.45) is 0 Å². The summed E-state index contributed by atoms with van der Waals surface area (Å²) < 4.78 is 12.0. The maximum atomic E-state index is 11.9. The molecule has 0 aliphatic carbocycles. The fraction of sp³-hybridized carbons (Fsp3) is 0.333. The van der Waals surface area contributed by atoms with Crippen molar-refractivity contribution in [1.82, 2.24) is 9.78 Å². The molecule has 0 amide bonds. The third kappa shape index (κ3) is 3.76. The summed E-state index contributed by atoms with van der Waals surface area (Å²) in [5, 5.41) is 4.11. The summed E-state index contributed by atoms with van der Waals surface area (Å²) >= 11 is 6.03. The van der Waals surface area contributed by atoms with Gasteiger partial charge in [-0.25, -0.2) is 4.68 Å². The van der Waals surface area contributed by atoms with E-state index in [1.807, 2.05) is 31.2 Å². The monoisotopic (exact) mass is 308 g/mol. The molecule has 0 bridgehead atoms. The van der Waals surface area contributed by atoms with Gasteiger partial charge in [-0.1, -0.05) is 30.7 Å². The molecule has 5 nitrogen and oxygen atoms in total. The minimum Gasteiger partial charge on any atom is -0.497 e. The van der Waals surface area contributed by atoms with Crippen molar-refractivity contribution in [2.75, 3.05) is 7.11 Å². The van der Waals surface area contributed by atoms with E-state index in [1.54, 1.807) is 7.11 Å². The van der Waals surface area contributed by atoms with Crippen molar-refractivity contribution in [3.63, 3.8) is 0 Å². The summed E-state index contributed by atoms with van der Waals surface area (Å²) in [6.45, 7) is 2.82. The van der Waals surface area contributed by atoms with Crippen LogP contribution in [0.15, 0.2) is 35.3 Å². The fourth-order valence-corrected chi connectivity index (χ4v) is 2.01. The van der Waals surface area contributed by atoms with E-state index in [9.17, 15) is 4.79 Å². The van der Waals surface area contributed by atoms with E-state index in [2.05, 4.69) is 5.10 Å². The largest absolute Gasteiger partial charge is 0.497 e. The van der Waals surface area contributed by atoms with Crippen LogP contribution in [-0.2, 0) is 13.2 Å². The number of benzene rings is 1. The molecular formula is C15H17ClN2O3. The van der Waals surface area contributed by atoms with Gasteiger partial charge in [0.15, 0.2) is 10.8 Å². The third-order valence-electron chi connectivity index (χ3n) is 2.94. The average Bonchev–Trinajstić information content (AvgIpc) is 2.52. The van der Waals surface area contributed by atoms with Gasteiger partial charge in [-0.3, -0.25) is 4.79 Å². The first-order valence-corrected chi connectivity index (χ1v) is 7.04. The van der Waals surface area contributed by atoms with E-state index < -0.39 is 0 Å². The molecule has 0 spiro atoms. The minimum atomic E-state index is -0.328. The summed E-state index contributed by atoms with van der Waals surface area (Å²) in [7, 11) is 1.61. The molecule has 112 valence electrons. The zero-order valence-electron chi connectivity index (χ0n) is 12.0. The summed E-state index contributed by atoms with van der Waals surface area (Å²) in [6, 6.07) is 7.46. The molecule has 0 saturated heterocycles. The van der Waals surface area contributed by atoms with Gasteiger partial charge >= 0.3 is 0 Å². The van der Waals surface area contributed by atoms with E-state index in [0.717, 1.165) is 17.7 Å². The molecule has 0 saturated carbocycles. The van der Waals surface area contributed by atoms with E-state index in [4.69, 9.17) is 21.1 Å². The molecule has 0 N–H and O–H groups in total. The standard InChI is InChI=1S/C15H17ClN2O3/c1-3-8-18-15(19)14(16)13(9-17-18)21-10-11-4-6-12(20-2)7-5-11/h4-7,9H,3,8,10H2,1-2H3. The normalized spacial score (nSPS) is 10.4. The van der Waals surface area contributed by atoms with Crippen molar-refractivity contribution in [3.05, 3.63) is 51.4 Å². The van der Waals surface area contributed by atoms with Crippen molar-refractivity contribution in [1.29, 1.82) is 0 Å². The van der Waals surface area contributed by atoms with Crippen molar-refractivity contribution in [2.45, 2.75) is 26.5 Å². The molecule has 2 aromatic rings. The minimum absolute atomic E-state index is 0.0620. The molecule has 0 fully saturated rings. The first-order chi connectivity index (χ1) is 10.2. The van der Waals surface area contributed by atoms with Gasteiger partial charge in [0.05, 0.1) is 13.3 Å². The van der Waals surface area contributed by atoms with Crippen molar-refractivity contribution in [3.8, 4) is 11.5 Å². The van der Waals surface area contributed by atoms with Gasteiger partial charge in [-0.2, -0.15) is 5.10 Å². The van der Waals surface area contributed by atoms with Crippen LogP contribution in [0.5, 0.6) is 11.5 Å². The fourth-order valence-electron chi connectivity index (χ4n) is 1.80. The lowest BCUT2D eigenvalue weighted by atomic mass is 10.2. The predicted octanol–water partition coefficient (Wildman–Crippen LogP) is 2.89. The van der Waals surface area contributed by atoms with Gasteiger partial charge in [0.1, 0.15) is 12.4 Å². The van der Waals surface area contributed by atoms with Crippen molar-refractivity contribution >= 4 is 11.6 Å². The maximum Gasteiger partial charge on any atom is 0.289 e. The number of methoxy groups -OCH3 is 1. The number of hydrogen-bond acceptors (Lipinski definition) is 4. The second-order valence-electron chi connectivity index (χ2n) is 4.49. The Morgan fingerprint density at radius 2 is 2.00 bits per heavy atom. The van der Waals surface area contributed by atoms with Gasteiger partial charge in [0, 0.05) is 6.54 Å². The number of rotatable bonds is 6. The van der Waals surface area contributed by atoms with Gasteiger partial charge < -0.3 is 9.47 Å². The van der Waals surface area contributed by atoms with Crippen LogP contribution in [0.2, 0.25) is 5.02 Å². The molecule has 0 atom stereocenters. The third-order valence-corrected chi connectivity index (χ3v) is 3.29. The molecule has 0 unspecified atom stereocenters. The quantitative estimate of drug-likeness (QED) is 0.823. The molecule has 21 heavy (non-hydrogen) atoms. The number of nitrogens with zero attached hydrogens (tertiary/aromatic N) is 2. The Bertz CT molecular complexity index is 653. The summed E-state index contributed by atoms with van der Waals surface area (Å²) in [5.74, 6) is 1.07. The number of aryl methyl sites for hydroxylation is 1. The zero-order valence-corrected chi connectivity index (χ0v) is 12.8. The highest BCUT2D eigenvalue weighted by Crippen LogP contribution is 2.20. The maximum absolute atomic E-state index is 11.9. The smallest absolute Gasteiger partial charge is 0.289 e. The second-order valence-corrected chi connectivity index (χ2v) is 4.87. The Labute approximate surface area is 128 Å². The number of aromatic nitrogens is 2. The van der Waals surface area contributed by atoms with Crippen LogP contribution in [0, 0.1) is 0 Å². The molecular weight excluding hydrogens is 292 g/mol. The van der Waals surface area contributed by atoms with Crippen LogP contribution < -0.4 is 15.0 Å². The summed E-state index contributed by atoms with van der Waals surface area (Å²) in [5.41, 5.74) is 0.621. The molecule has 0 radical (unpaired) electrons. The first kappa shape index (κ1) is 15.4. The van der Waals surface area contributed by atoms with Crippen LogP contribution in [0.4, 0.5) is 0 Å². The summed E-state index contributed by atoms with van der Waals surface area (Å²) in [6.07, 6.45) is 2.29. The lowest BCUT2D eigenvalue weighted by molar-refractivity contribution is 0.302. The highest BCUT2D eigenvalue weighted by Gasteiger charge is 2.10. The van der Waals surface area contributed by atoms with Crippen LogP contribution in [0.3, 0.4) is 0 Å². The van der Waals surface area contributed by atoms with Crippen LogP contribution >= 0.6 is 11.6 Å². The first-order valence-electron chi connectivity index (χ1n) is 6.67. The topological polar surface area (TPSA) is 53.4 Å². The predicted molar refractivity (Wildman–Crippen MR) is 81.1 cm³/mol. The SMILES string of the molecule is CCCn1ncc(OCc2ccc(OC)cc2)c(Cl)c1=O. The van der Waals surface area contributed by atoms with Crippen LogP contribution in [0.1, 0.15) is 18.9 Å². The molecule has 0 aliphatic rings. The second kappa shape index (κ2) is 7.13.